The maximum Gasteiger partial charge on any atom is 0.251 e. The molecule has 2 nitrogen and oxygen atoms in total. The maximum atomic E-state index is 12.2. The Morgan fingerprint density at radius 3 is 2.27 bits per heavy atom. The first-order chi connectivity index (χ1) is 6.89. The minimum Gasteiger partial charge on any atom is -0.297 e. The van der Waals surface area contributed by atoms with Gasteiger partial charge >= 0.3 is 0 Å². The molecule has 1 aliphatic heterocycles. The van der Waals surface area contributed by atoms with Crippen molar-refractivity contribution in [3.63, 3.8) is 0 Å². The van der Waals surface area contributed by atoms with Crippen LogP contribution in [-0.4, -0.2) is 54.5 Å². The summed E-state index contributed by atoms with van der Waals surface area (Å²) in [7, 11) is 0. The number of hydrogen-bond acceptors (Lipinski definition) is 2. The molecule has 0 bridgehead atoms. The quantitative estimate of drug-likeness (QED) is 0.703. The topological polar surface area (TPSA) is 6.48 Å². The Morgan fingerprint density at radius 1 is 1.07 bits per heavy atom. The number of rotatable bonds is 2. The molecule has 0 saturated carbocycles. The van der Waals surface area contributed by atoms with Gasteiger partial charge in [0.2, 0.25) is 0 Å². The molecule has 90 valence electrons. The lowest BCUT2D eigenvalue weighted by atomic mass is 10.1. The largest absolute Gasteiger partial charge is 0.297 e. The molecular weight excluding hydrogens is 198 g/mol. The first-order valence-corrected chi connectivity index (χ1v) is 5.65. The van der Waals surface area contributed by atoms with Gasteiger partial charge in [-0.25, -0.2) is 8.78 Å². The molecular formula is C11H22F2N2. The smallest absolute Gasteiger partial charge is 0.251 e. The summed E-state index contributed by atoms with van der Waals surface area (Å²) in [5.74, 6) is 0. The summed E-state index contributed by atoms with van der Waals surface area (Å²) in [5.41, 5.74) is 0.154. The molecule has 0 aromatic heterocycles. The summed E-state index contributed by atoms with van der Waals surface area (Å²) in [5, 5.41) is 0. The summed E-state index contributed by atoms with van der Waals surface area (Å²) in [4.78, 5) is 4.24. The van der Waals surface area contributed by atoms with Crippen molar-refractivity contribution in [1.29, 1.82) is 0 Å². The van der Waals surface area contributed by atoms with E-state index >= 15 is 0 Å². The van der Waals surface area contributed by atoms with Crippen molar-refractivity contribution in [2.45, 2.75) is 39.2 Å². The van der Waals surface area contributed by atoms with Gasteiger partial charge < -0.3 is 0 Å². The van der Waals surface area contributed by atoms with Crippen LogP contribution in [0.3, 0.4) is 0 Å². The summed E-state index contributed by atoms with van der Waals surface area (Å²) >= 11 is 0. The Hall–Kier alpha value is -0.220. The van der Waals surface area contributed by atoms with Gasteiger partial charge in [0.15, 0.2) is 0 Å². The molecule has 0 aromatic rings. The molecule has 0 radical (unpaired) electrons. The third kappa shape index (κ3) is 4.43. The second-order valence-electron chi connectivity index (χ2n) is 5.20. The van der Waals surface area contributed by atoms with Crippen molar-refractivity contribution >= 4 is 0 Å². The average molecular weight is 220 g/mol. The van der Waals surface area contributed by atoms with Crippen LogP contribution in [0.1, 0.15) is 27.2 Å². The van der Waals surface area contributed by atoms with E-state index in [2.05, 4.69) is 25.7 Å². The minimum absolute atomic E-state index is 0.0714. The Kier molecular flexibility index (Phi) is 4.46. The van der Waals surface area contributed by atoms with Crippen LogP contribution in [0, 0.1) is 0 Å². The first-order valence-electron chi connectivity index (χ1n) is 5.65. The van der Waals surface area contributed by atoms with E-state index in [4.69, 9.17) is 0 Å². The molecule has 0 N–H and O–H groups in total. The second-order valence-corrected chi connectivity index (χ2v) is 5.20. The number of nitrogens with zero attached hydrogens (tertiary/aromatic N) is 2. The van der Waals surface area contributed by atoms with Gasteiger partial charge in [-0.1, -0.05) is 0 Å². The third-order valence-electron chi connectivity index (χ3n) is 2.93. The van der Waals surface area contributed by atoms with E-state index in [0.717, 1.165) is 32.6 Å². The molecule has 0 spiro atoms. The molecule has 1 heterocycles. The molecule has 1 saturated heterocycles. The fourth-order valence-corrected chi connectivity index (χ4v) is 2.02. The van der Waals surface area contributed by atoms with Gasteiger partial charge in [0.1, 0.15) is 0 Å². The number of halogens is 2. The van der Waals surface area contributed by atoms with Crippen LogP contribution in [0.25, 0.3) is 0 Å². The highest BCUT2D eigenvalue weighted by Gasteiger charge is 2.24. The summed E-state index contributed by atoms with van der Waals surface area (Å²) in [6.45, 7) is 9.94. The summed E-state index contributed by atoms with van der Waals surface area (Å²) in [6, 6.07) is 0. The van der Waals surface area contributed by atoms with Gasteiger partial charge in [0.25, 0.3) is 6.43 Å². The summed E-state index contributed by atoms with van der Waals surface area (Å²) in [6.07, 6.45) is -1.21. The van der Waals surface area contributed by atoms with Crippen molar-refractivity contribution in [2.75, 3.05) is 32.7 Å². The van der Waals surface area contributed by atoms with Crippen LogP contribution in [-0.2, 0) is 0 Å². The molecule has 0 aromatic carbocycles. The minimum atomic E-state index is -2.20. The Morgan fingerprint density at radius 2 is 1.73 bits per heavy atom. The maximum absolute atomic E-state index is 12.2. The molecule has 0 aliphatic carbocycles. The lowest BCUT2D eigenvalue weighted by Gasteiger charge is -2.34. The monoisotopic (exact) mass is 220 g/mol. The van der Waals surface area contributed by atoms with Gasteiger partial charge in [0, 0.05) is 18.6 Å². The van der Waals surface area contributed by atoms with E-state index in [0.29, 0.717) is 0 Å². The molecule has 4 heteroatoms. The van der Waals surface area contributed by atoms with Crippen LogP contribution in [0.2, 0.25) is 0 Å². The van der Waals surface area contributed by atoms with Crippen molar-refractivity contribution in [2.24, 2.45) is 0 Å². The third-order valence-corrected chi connectivity index (χ3v) is 2.93. The van der Waals surface area contributed by atoms with E-state index in [1.54, 1.807) is 0 Å². The average Bonchev–Trinajstić information content (AvgIpc) is 2.27. The van der Waals surface area contributed by atoms with Gasteiger partial charge in [0.05, 0.1) is 6.54 Å². The zero-order chi connectivity index (χ0) is 11.5. The standard InChI is InChI=1S/C11H22F2N2/c1-11(2,3)15-6-4-5-14(7-8-15)9-10(12)13/h10H,4-9H2,1-3H3. The van der Waals surface area contributed by atoms with Gasteiger partial charge in [-0.15, -0.1) is 0 Å². The Labute approximate surface area is 91.2 Å². The molecule has 1 rings (SSSR count). The zero-order valence-electron chi connectivity index (χ0n) is 9.97. The van der Waals surface area contributed by atoms with Crippen LogP contribution < -0.4 is 0 Å². The molecule has 1 fully saturated rings. The number of alkyl halides is 2. The molecule has 15 heavy (non-hydrogen) atoms. The number of hydrogen-bond donors (Lipinski definition) is 0. The Bertz CT molecular complexity index is 190. The highest BCUT2D eigenvalue weighted by Crippen LogP contribution is 2.16. The predicted octanol–water partition coefficient (Wildman–Crippen LogP) is 2.06. The molecule has 0 atom stereocenters. The summed E-state index contributed by atoms with van der Waals surface area (Å²) < 4.78 is 24.5. The van der Waals surface area contributed by atoms with Crippen LogP contribution in [0.15, 0.2) is 0 Å². The predicted molar refractivity (Wildman–Crippen MR) is 58.4 cm³/mol. The van der Waals surface area contributed by atoms with Gasteiger partial charge in [-0.2, -0.15) is 0 Å². The van der Waals surface area contributed by atoms with Gasteiger partial charge in [-0.3, -0.25) is 9.80 Å². The SMILES string of the molecule is CC(C)(C)N1CCCN(CC(F)F)CC1. The lowest BCUT2D eigenvalue weighted by molar-refractivity contribution is 0.0859. The van der Waals surface area contributed by atoms with E-state index in [9.17, 15) is 8.78 Å². The van der Waals surface area contributed by atoms with Crippen molar-refractivity contribution in [3.8, 4) is 0 Å². The lowest BCUT2D eigenvalue weighted by Crippen LogP contribution is -2.43. The normalized spacial score (nSPS) is 22.0. The highest BCUT2D eigenvalue weighted by atomic mass is 19.3. The fourth-order valence-electron chi connectivity index (χ4n) is 2.02. The second kappa shape index (κ2) is 5.21. The van der Waals surface area contributed by atoms with E-state index < -0.39 is 6.43 Å². The van der Waals surface area contributed by atoms with Gasteiger partial charge in [-0.05, 0) is 40.3 Å². The van der Waals surface area contributed by atoms with Crippen LogP contribution in [0.5, 0.6) is 0 Å². The molecule has 1 aliphatic rings. The highest BCUT2D eigenvalue weighted by molar-refractivity contribution is 4.80. The van der Waals surface area contributed by atoms with Crippen molar-refractivity contribution in [3.05, 3.63) is 0 Å². The van der Waals surface area contributed by atoms with Crippen LogP contribution in [0.4, 0.5) is 8.78 Å². The zero-order valence-corrected chi connectivity index (χ0v) is 9.97. The van der Waals surface area contributed by atoms with E-state index in [-0.39, 0.29) is 12.1 Å². The fraction of sp³-hybridized carbons (Fsp3) is 1.00. The molecule has 0 unspecified atom stereocenters. The van der Waals surface area contributed by atoms with Crippen molar-refractivity contribution < 1.29 is 8.78 Å². The Balaban J connectivity index is 2.42. The van der Waals surface area contributed by atoms with Crippen molar-refractivity contribution in [1.82, 2.24) is 9.80 Å². The molecule has 0 amide bonds. The van der Waals surface area contributed by atoms with E-state index in [1.807, 2.05) is 4.90 Å². The van der Waals surface area contributed by atoms with E-state index in [1.165, 1.54) is 0 Å². The first kappa shape index (κ1) is 12.8. The van der Waals surface area contributed by atoms with Crippen LogP contribution >= 0.6 is 0 Å².